The van der Waals surface area contributed by atoms with E-state index in [9.17, 15) is 9.18 Å². The largest absolute Gasteiger partial charge is 0.355 e. The minimum absolute atomic E-state index is 0.0585. The third-order valence-electron chi connectivity index (χ3n) is 7.00. The van der Waals surface area contributed by atoms with Crippen molar-refractivity contribution in [3.05, 3.63) is 109 Å². The molecule has 0 radical (unpaired) electrons. The Labute approximate surface area is 247 Å². The maximum absolute atomic E-state index is 13.7. The number of hydrogen-bond donors (Lipinski definition) is 3. The van der Waals surface area contributed by atoms with Gasteiger partial charge < -0.3 is 25.1 Å². The van der Waals surface area contributed by atoms with Gasteiger partial charge >= 0.3 is 0 Å². The fourth-order valence-corrected chi connectivity index (χ4v) is 4.69. The monoisotopic (exact) mass is 579 g/mol. The third kappa shape index (κ3) is 6.91. The average Bonchev–Trinajstić information content (AvgIpc) is 3.48. The highest BCUT2D eigenvalue weighted by Crippen LogP contribution is 2.35. The van der Waals surface area contributed by atoms with Gasteiger partial charge in [0.15, 0.2) is 5.82 Å². The molecule has 0 unspecified atom stereocenters. The first-order chi connectivity index (χ1) is 20.9. The molecule has 1 saturated heterocycles. The van der Waals surface area contributed by atoms with Crippen molar-refractivity contribution in [1.82, 2.24) is 30.2 Å². The second kappa shape index (κ2) is 12.5. The number of rotatable bonds is 9. The number of ether oxygens (including phenoxy) is 2. The van der Waals surface area contributed by atoms with Gasteiger partial charge in [-0.3, -0.25) is 9.78 Å². The van der Waals surface area contributed by atoms with E-state index >= 15 is 0 Å². The van der Waals surface area contributed by atoms with Crippen molar-refractivity contribution < 1.29 is 18.7 Å². The first-order valence-electron chi connectivity index (χ1n) is 13.8. The first kappa shape index (κ1) is 28.1. The first-order valence-corrected chi connectivity index (χ1v) is 13.8. The van der Waals surface area contributed by atoms with Crippen LogP contribution in [0.1, 0.15) is 24.6 Å². The summed E-state index contributed by atoms with van der Waals surface area (Å²) in [7, 11) is 0. The van der Waals surface area contributed by atoms with Gasteiger partial charge in [-0.15, -0.1) is 0 Å². The molecule has 3 aromatic heterocycles. The number of benzene rings is 2. The van der Waals surface area contributed by atoms with E-state index in [0.29, 0.717) is 60.6 Å². The highest BCUT2D eigenvalue weighted by atomic mass is 19.1. The molecule has 10 nitrogen and oxygen atoms in total. The molecule has 0 aliphatic carbocycles. The molecule has 3 N–H and O–H groups in total. The standard InChI is InChI=1S/C32H30FN7O3/c1-32(18-36-26(41)17-21-5-3-2-4-6-21)19-42-30(43-20-32)29-39-27(22-7-9-23(33)10-8-22)28(40-29)25-13-16-35-31(38-25)37-24-11-14-34-15-12-24/h2-16,30H,17-20H2,1H3,(H,36,41)(H,39,40)(H,34,35,37,38). The zero-order chi connectivity index (χ0) is 29.6. The van der Waals surface area contributed by atoms with Crippen LogP contribution in [-0.2, 0) is 20.7 Å². The van der Waals surface area contributed by atoms with Gasteiger partial charge in [0.05, 0.1) is 36.7 Å². The summed E-state index contributed by atoms with van der Waals surface area (Å²) in [5.41, 5.74) is 3.77. The van der Waals surface area contributed by atoms with Crippen LogP contribution in [0.25, 0.3) is 22.6 Å². The average molecular weight is 580 g/mol. The number of carbonyl (C=O) groups is 1. The summed E-state index contributed by atoms with van der Waals surface area (Å²) >= 11 is 0. The number of halogens is 1. The molecule has 218 valence electrons. The van der Waals surface area contributed by atoms with Crippen LogP contribution in [-0.4, -0.2) is 50.6 Å². The summed E-state index contributed by atoms with van der Waals surface area (Å²) in [4.78, 5) is 33.7. The lowest BCUT2D eigenvalue weighted by molar-refractivity contribution is -0.232. The van der Waals surface area contributed by atoms with Crippen LogP contribution in [0.3, 0.4) is 0 Å². The summed E-state index contributed by atoms with van der Waals surface area (Å²) in [5, 5.41) is 6.17. The highest BCUT2D eigenvalue weighted by Gasteiger charge is 2.35. The Hall–Kier alpha value is -5.00. The van der Waals surface area contributed by atoms with Crippen LogP contribution in [0, 0.1) is 11.2 Å². The number of amides is 1. The summed E-state index contributed by atoms with van der Waals surface area (Å²) in [6, 6.07) is 21.1. The molecule has 1 amide bonds. The van der Waals surface area contributed by atoms with Gasteiger partial charge in [-0.1, -0.05) is 37.3 Å². The zero-order valence-electron chi connectivity index (χ0n) is 23.5. The smallest absolute Gasteiger partial charge is 0.227 e. The number of pyridine rings is 1. The van der Waals surface area contributed by atoms with Crippen LogP contribution >= 0.6 is 0 Å². The Kier molecular flexibility index (Phi) is 8.16. The summed E-state index contributed by atoms with van der Waals surface area (Å²) in [6.07, 6.45) is 4.54. The fraction of sp³-hybridized carbons (Fsp3) is 0.219. The van der Waals surface area contributed by atoms with E-state index in [0.717, 1.165) is 11.3 Å². The van der Waals surface area contributed by atoms with E-state index in [-0.39, 0.29) is 11.7 Å². The van der Waals surface area contributed by atoms with Gasteiger partial charge in [0.2, 0.25) is 18.1 Å². The molecule has 4 heterocycles. The molecule has 1 aliphatic heterocycles. The number of hydrogen-bond acceptors (Lipinski definition) is 8. The predicted octanol–water partition coefficient (Wildman–Crippen LogP) is 5.22. The minimum atomic E-state index is -0.766. The number of nitrogens with zero attached hydrogens (tertiary/aromatic N) is 4. The van der Waals surface area contributed by atoms with Crippen molar-refractivity contribution in [3.63, 3.8) is 0 Å². The van der Waals surface area contributed by atoms with Crippen LogP contribution < -0.4 is 10.6 Å². The lowest BCUT2D eigenvalue weighted by Gasteiger charge is -2.36. The van der Waals surface area contributed by atoms with Crippen LogP contribution in [0.4, 0.5) is 16.0 Å². The molecular formula is C32H30FN7O3. The molecule has 43 heavy (non-hydrogen) atoms. The van der Waals surface area contributed by atoms with E-state index in [1.165, 1.54) is 12.1 Å². The molecule has 1 aliphatic rings. The lowest BCUT2D eigenvalue weighted by Crippen LogP contribution is -2.45. The number of carbonyl (C=O) groups excluding carboxylic acids is 1. The van der Waals surface area contributed by atoms with Crippen LogP contribution in [0.5, 0.6) is 0 Å². The highest BCUT2D eigenvalue weighted by molar-refractivity contribution is 5.78. The maximum Gasteiger partial charge on any atom is 0.227 e. The molecule has 11 heteroatoms. The fourth-order valence-electron chi connectivity index (χ4n) is 4.69. The number of H-pyrrole nitrogens is 1. The second-order valence-electron chi connectivity index (χ2n) is 10.7. The quantitative estimate of drug-likeness (QED) is 0.217. The molecule has 5 aromatic rings. The Morgan fingerprint density at radius 2 is 1.72 bits per heavy atom. The minimum Gasteiger partial charge on any atom is -0.355 e. The molecule has 0 bridgehead atoms. The van der Waals surface area contributed by atoms with Crippen molar-refractivity contribution in [2.24, 2.45) is 5.41 Å². The van der Waals surface area contributed by atoms with Crippen molar-refractivity contribution in [1.29, 1.82) is 0 Å². The SMILES string of the molecule is CC1(CNC(=O)Cc2ccccc2)COC(c2nc(-c3ccc(F)cc3)c(-c3ccnc(Nc4ccncc4)n3)[nH]2)OC1. The Morgan fingerprint density at radius 3 is 2.47 bits per heavy atom. The van der Waals surface area contributed by atoms with E-state index in [1.807, 2.05) is 49.4 Å². The van der Waals surface area contributed by atoms with E-state index in [1.54, 1.807) is 36.8 Å². The number of imidazole rings is 1. The van der Waals surface area contributed by atoms with Gasteiger partial charge in [-0.05, 0) is 48.0 Å². The molecule has 2 aromatic carbocycles. The third-order valence-corrected chi connectivity index (χ3v) is 7.00. The van der Waals surface area contributed by atoms with Gasteiger partial charge in [-0.25, -0.2) is 19.3 Å². The van der Waals surface area contributed by atoms with Gasteiger partial charge in [0.25, 0.3) is 0 Å². The van der Waals surface area contributed by atoms with Crippen LogP contribution in [0.2, 0.25) is 0 Å². The molecule has 1 fully saturated rings. The van der Waals surface area contributed by atoms with Gasteiger partial charge in [0, 0.05) is 41.8 Å². The number of nitrogens with one attached hydrogen (secondary N) is 3. The topological polar surface area (TPSA) is 127 Å². The van der Waals surface area contributed by atoms with Crippen molar-refractivity contribution in [2.45, 2.75) is 19.6 Å². The van der Waals surface area contributed by atoms with E-state index in [4.69, 9.17) is 14.5 Å². The summed E-state index contributed by atoms with van der Waals surface area (Å²) < 4.78 is 26.0. The molecule has 6 rings (SSSR count). The predicted molar refractivity (Wildman–Crippen MR) is 158 cm³/mol. The number of aromatic nitrogens is 5. The maximum atomic E-state index is 13.7. The molecule has 0 spiro atoms. The molecule has 0 atom stereocenters. The summed E-state index contributed by atoms with van der Waals surface area (Å²) in [6.45, 7) is 3.10. The Balaban J connectivity index is 1.18. The van der Waals surface area contributed by atoms with Gasteiger partial charge in [-0.2, -0.15) is 0 Å². The summed E-state index contributed by atoms with van der Waals surface area (Å²) in [5.74, 6) is 0.435. The van der Waals surface area contributed by atoms with E-state index in [2.05, 4.69) is 30.6 Å². The van der Waals surface area contributed by atoms with Crippen LogP contribution in [0.15, 0.2) is 91.4 Å². The molecular weight excluding hydrogens is 549 g/mol. The Bertz CT molecular complexity index is 1670. The molecule has 0 saturated carbocycles. The number of aromatic amines is 1. The lowest BCUT2D eigenvalue weighted by atomic mass is 9.92. The Morgan fingerprint density at radius 1 is 0.977 bits per heavy atom. The van der Waals surface area contributed by atoms with Gasteiger partial charge in [0.1, 0.15) is 5.82 Å². The van der Waals surface area contributed by atoms with Crippen molar-refractivity contribution in [2.75, 3.05) is 25.1 Å². The van der Waals surface area contributed by atoms with E-state index < -0.39 is 11.7 Å². The van der Waals surface area contributed by atoms with Crippen molar-refractivity contribution >= 4 is 17.5 Å². The normalized spacial score (nSPS) is 18.2. The number of anilines is 2. The second-order valence-corrected chi connectivity index (χ2v) is 10.7. The van der Waals surface area contributed by atoms with Crippen molar-refractivity contribution in [3.8, 4) is 22.6 Å². The zero-order valence-corrected chi connectivity index (χ0v) is 23.5.